The van der Waals surface area contributed by atoms with Crippen LogP contribution in [0.5, 0.6) is 0 Å². The number of anilines is 1. The molecule has 1 saturated heterocycles. The number of likely N-dealkylation sites (tertiary alicyclic amines) is 1. The average Bonchev–Trinajstić information content (AvgIpc) is 2.79. The number of rotatable bonds is 8. The zero-order valence-corrected chi connectivity index (χ0v) is 17.6. The van der Waals surface area contributed by atoms with Gasteiger partial charge in [0.25, 0.3) is 0 Å². The zero-order valence-electron chi connectivity index (χ0n) is 17.6. The maximum absolute atomic E-state index is 12.4. The fourth-order valence-corrected chi connectivity index (χ4v) is 3.69. The smallest absolute Gasteiger partial charge is 0.226 e. The van der Waals surface area contributed by atoms with Crippen molar-refractivity contribution < 1.29 is 4.79 Å². The summed E-state index contributed by atoms with van der Waals surface area (Å²) < 4.78 is 0. The van der Waals surface area contributed by atoms with Crippen LogP contribution in [0.25, 0.3) is 10.8 Å². The van der Waals surface area contributed by atoms with E-state index in [1.165, 1.54) is 6.08 Å². The van der Waals surface area contributed by atoms with E-state index in [9.17, 15) is 4.79 Å². The summed E-state index contributed by atoms with van der Waals surface area (Å²) in [6.45, 7) is 5.03. The molecule has 0 aliphatic carbocycles. The molecular formula is C25H27N5O. The second-order valence-electron chi connectivity index (χ2n) is 7.40. The molecule has 1 N–H and O–H groups in total. The summed E-state index contributed by atoms with van der Waals surface area (Å²) in [6.07, 6.45) is 16.5. The Bertz CT molecular complexity index is 1040. The van der Waals surface area contributed by atoms with E-state index < -0.39 is 0 Å². The highest BCUT2D eigenvalue weighted by Crippen LogP contribution is 2.27. The van der Waals surface area contributed by atoms with Gasteiger partial charge in [0, 0.05) is 67.5 Å². The van der Waals surface area contributed by atoms with Crippen LogP contribution in [0, 0.1) is 11.3 Å². The van der Waals surface area contributed by atoms with E-state index >= 15 is 0 Å². The first-order valence-corrected chi connectivity index (χ1v) is 10.5. The minimum absolute atomic E-state index is 0.129. The van der Waals surface area contributed by atoms with E-state index in [1.54, 1.807) is 30.8 Å². The van der Waals surface area contributed by atoms with Gasteiger partial charge in [0.15, 0.2) is 0 Å². The summed E-state index contributed by atoms with van der Waals surface area (Å²) in [6, 6.07) is 8.61. The summed E-state index contributed by atoms with van der Waals surface area (Å²) >= 11 is 0. The first-order valence-electron chi connectivity index (χ1n) is 10.5. The minimum Gasteiger partial charge on any atom is -0.382 e. The van der Waals surface area contributed by atoms with Crippen molar-refractivity contribution in [2.75, 3.05) is 18.4 Å². The number of benzene rings is 1. The lowest BCUT2D eigenvalue weighted by Gasteiger charge is -2.33. The third kappa shape index (κ3) is 6.38. The number of pyridine rings is 1. The predicted molar refractivity (Wildman–Crippen MR) is 126 cm³/mol. The molecule has 0 bridgehead atoms. The number of nitriles is 1. The van der Waals surface area contributed by atoms with Crippen LogP contribution in [0.3, 0.4) is 0 Å². The summed E-state index contributed by atoms with van der Waals surface area (Å²) in [5.74, 6) is 0.129. The Kier molecular flexibility index (Phi) is 8.13. The molecule has 0 saturated carbocycles. The van der Waals surface area contributed by atoms with Gasteiger partial charge >= 0.3 is 0 Å². The molecule has 1 aliphatic rings. The number of fused-ring (bicyclic) bond motifs is 1. The lowest BCUT2D eigenvalue weighted by Crippen LogP contribution is -2.42. The van der Waals surface area contributed by atoms with Gasteiger partial charge in [0.05, 0.1) is 6.07 Å². The van der Waals surface area contributed by atoms with E-state index in [-0.39, 0.29) is 5.91 Å². The first-order chi connectivity index (χ1) is 15.2. The molecule has 0 spiro atoms. The van der Waals surface area contributed by atoms with Crippen LogP contribution in [0.1, 0.15) is 24.8 Å². The molecule has 1 aromatic carbocycles. The van der Waals surface area contributed by atoms with Gasteiger partial charge in [0.1, 0.15) is 0 Å². The van der Waals surface area contributed by atoms with E-state index in [0.29, 0.717) is 18.9 Å². The van der Waals surface area contributed by atoms with Gasteiger partial charge in [-0.2, -0.15) is 5.26 Å². The fraction of sp³-hybridized carbons (Fsp3) is 0.280. The Morgan fingerprint density at radius 2 is 2.19 bits per heavy atom. The predicted octanol–water partition coefficient (Wildman–Crippen LogP) is 4.42. The first kappa shape index (κ1) is 22.0. The van der Waals surface area contributed by atoms with Gasteiger partial charge in [-0.3, -0.25) is 14.8 Å². The highest BCUT2D eigenvalue weighted by atomic mass is 16.2. The summed E-state index contributed by atoms with van der Waals surface area (Å²) in [7, 11) is 0. The minimum atomic E-state index is 0.129. The van der Waals surface area contributed by atoms with Crippen LogP contribution in [0.4, 0.5) is 5.69 Å². The molecule has 1 amide bonds. The number of hydrogen-bond donors (Lipinski definition) is 1. The Balaban J connectivity index is 1.62. The van der Waals surface area contributed by atoms with Gasteiger partial charge in [-0.15, -0.1) is 0 Å². The molecule has 31 heavy (non-hydrogen) atoms. The molecule has 158 valence electrons. The molecule has 1 aromatic heterocycles. The van der Waals surface area contributed by atoms with E-state index in [2.05, 4.69) is 34.0 Å². The normalized spacial score (nSPS) is 15.1. The van der Waals surface area contributed by atoms with Crippen LogP contribution < -0.4 is 5.32 Å². The van der Waals surface area contributed by atoms with Gasteiger partial charge in [-0.1, -0.05) is 30.9 Å². The molecule has 0 radical (unpaired) electrons. The summed E-state index contributed by atoms with van der Waals surface area (Å²) in [5, 5.41) is 14.6. The number of amides is 1. The van der Waals surface area contributed by atoms with Crippen LogP contribution in [-0.4, -0.2) is 41.1 Å². The monoisotopic (exact) mass is 413 g/mol. The second kappa shape index (κ2) is 11.5. The molecule has 3 rings (SSSR count). The highest BCUT2D eigenvalue weighted by Gasteiger charge is 2.22. The van der Waals surface area contributed by atoms with Crippen molar-refractivity contribution in [1.82, 2.24) is 9.88 Å². The quantitative estimate of drug-likeness (QED) is 0.513. The van der Waals surface area contributed by atoms with Crippen LogP contribution >= 0.6 is 0 Å². The summed E-state index contributed by atoms with van der Waals surface area (Å²) in [5.41, 5.74) is 2.20. The van der Waals surface area contributed by atoms with E-state index in [4.69, 9.17) is 5.26 Å². The van der Waals surface area contributed by atoms with Crippen molar-refractivity contribution in [1.29, 1.82) is 5.26 Å². The standard InChI is InChI=1S/C25H27N5O/c1-2-12-27-13-5-7-25(31)30-15-9-22(10-16-30)29-24-18-20(6-3-4-11-26)17-21-8-14-28-19-23(21)24/h2-5,8,12-14,17-19,22,29H,1,6-7,9-10,15-16H2. The molecule has 1 aliphatic heterocycles. The van der Waals surface area contributed by atoms with Crippen LogP contribution in [-0.2, 0) is 11.2 Å². The van der Waals surface area contributed by atoms with Gasteiger partial charge in [0.2, 0.25) is 5.91 Å². The fourth-order valence-electron chi connectivity index (χ4n) is 3.69. The number of nitrogens with zero attached hydrogens (tertiary/aromatic N) is 4. The molecule has 2 aromatic rings. The Morgan fingerprint density at radius 3 is 2.97 bits per heavy atom. The third-order valence-electron chi connectivity index (χ3n) is 5.24. The SMILES string of the molecule is C=CC=NC=CCC(=O)N1CCC(Nc2cc(CC=CC#N)cc3ccncc23)CC1. The van der Waals surface area contributed by atoms with Crippen molar-refractivity contribution in [2.45, 2.75) is 31.7 Å². The number of allylic oxidation sites excluding steroid dienone is 3. The highest BCUT2D eigenvalue weighted by molar-refractivity contribution is 5.94. The average molecular weight is 414 g/mol. The van der Waals surface area contributed by atoms with E-state index in [0.717, 1.165) is 48.0 Å². The van der Waals surface area contributed by atoms with Crippen LogP contribution in [0.2, 0.25) is 0 Å². The van der Waals surface area contributed by atoms with Crippen molar-refractivity contribution in [3.05, 3.63) is 73.2 Å². The van der Waals surface area contributed by atoms with Crippen molar-refractivity contribution in [3.8, 4) is 6.07 Å². The molecule has 1 fully saturated rings. The maximum atomic E-state index is 12.4. The maximum Gasteiger partial charge on any atom is 0.226 e. The third-order valence-corrected chi connectivity index (χ3v) is 5.24. The molecule has 6 heteroatoms. The largest absolute Gasteiger partial charge is 0.382 e. The number of aliphatic imine (C=N–C) groups is 1. The molecule has 6 nitrogen and oxygen atoms in total. The van der Waals surface area contributed by atoms with Crippen molar-refractivity contribution in [3.63, 3.8) is 0 Å². The Morgan fingerprint density at radius 1 is 1.35 bits per heavy atom. The molecule has 0 unspecified atom stereocenters. The van der Waals surface area contributed by atoms with Gasteiger partial charge in [-0.05, 0) is 42.3 Å². The number of carbonyl (C=O) groups excluding carboxylic acids is 1. The Hall–Kier alpha value is -3.72. The van der Waals surface area contributed by atoms with Crippen LogP contribution in [0.15, 0.2) is 72.7 Å². The number of aromatic nitrogens is 1. The van der Waals surface area contributed by atoms with Crippen molar-refractivity contribution >= 4 is 28.6 Å². The number of hydrogen-bond acceptors (Lipinski definition) is 5. The lowest BCUT2D eigenvalue weighted by atomic mass is 10.0. The van der Waals surface area contributed by atoms with E-state index in [1.807, 2.05) is 29.3 Å². The molecule has 2 heterocycles. The zero-order chi connectivity index (χ0) is 21.9. The number of nitrogens with one attached hydrogen (secondary N) is 1. The number of piperidine rings is 1. The summed E-state index contributed by atoms with van der Waals surface area (Å²) in [4.78, 5) is 22.6. The molecule has 0 atom stereocenters. The molecular weight excluding hydrogens is 386 g/mol. The van der Waals surface area contributed by atoms with Gasteiger partial charge in [-0.25, -0.2) is 0 Å². The number of carbonyl (C=O) groups is 1. The topological polar surface area (TPSA) is 81.4 Å². The van der Waals surface area contributed by atoms with Crippen molar-refractivity contribution in [2.24, 2.45) is 4.99 Å². The van der Waals surface area contributed by atoms with Gasteiger partial charge < -0.3 is 10.2 Å². The lowest BCUT2D eigenvalue weighted by molar-refractivity contribution is -0.131. The Labute approximate surface area is 183 Å². The second-order valence-corrected chi connectivity index (χ2v) is 7.40.